The molecule has 3 nitrogen and oxygen atoms in total. The number of nitrogens with one attached hydrogen (secondary N) is 1. The van der Waals surface area contributed by atoms with Crippen LogP contribution >= 0.6 is 23.8 Å². The number of nitrogens with zero attached hydrogens (tertiary/aromatic N) is 1. The largest absolute Gasteiger partial charge is 0.327 e. The highest BCUT2D eigenvalue weighted by Gasteiger charge is 2.32. The molecule has 0 aromatic heterocycles. The predicted octanol–water partition coefficient (Wildman–Crippen LogP) is 4.76. The van der Waals surface area contributed by atoms with Gasteiger partial charge in [0.1, 0.15) is 5.70 Å². The third-order valence-corrected chi connectivity index (χ3v) is 4.66. The number of halogens is 1. The summed E-state index contributed by atoms with van der Waals surface area (Å²) in [6, 6.07) is 21.3. The van der Waals surface area contributed by atoms with Crippen molar-refractivity contribution in [3.05, 3.63) is 83.0 Å². The van der Waals surface area contributed by atoms with E-state index in [1.54, 1.807) is 18.2 Å². The van der Waals surface area contributed by atoms with Gasteiger partial charge >= 0.3 is 0 Å². The number of thiocarbonyl (C=S) groups is 1. The van der Waals surface area contributed by atoms with E-state index < -0.39 is 0 Å². The van der Waals surface area contributed by atoms with Gasteiger partial charge in [0.25, 0.3) is 5.91 Å². The quantitative estimate of drug-likeness (QED) is 0.526. The van der Waals surface area contributed by atoms with Crippen molar-refractivity contribution in [2.24, 2.45) is 0 Å². The first kappa shape index (κ1) is 15.8. The molecule has 3 aromatic carbocycles. The van der Waals surface area contributed by atoms with Crippen LogP contribution in [0.3, 0.4) is 0 Å². The summed E-state index contributed by atoms with van der Waals surface area (Å²) in [7, 11) is 0. The lowest BCUT2D eigenvalue weighted by Gasteiger charge is -2.15. The van der Waals surface area contributed by atoms with Crippen molar-refractivity contribution in [1.82, 2.24) is 5.32 Å². The van der Waals surface area contributed by atoms with Crippen LogP contribution in [0, 0.1) is 0 Å². The standard InChI is InChI=1S/C20H13ClN2OS/c21-16-7-3-4-8-18(16)23-19(24)17(22-20(23)25)12-13-9-10-14-5-1-2-6-15(14)11-13/h1-12H,(H,22,25)/b17-12-. The fraction of sp³-hybridized carbons (Fsp3) is 0. The number of fused-ring (bicyclic) bond motifs is 1. The maximum absolute atomic E-state index is 12.8. The second-order valence-electron chi connectivity index (χ2n) is 5.69. The summed E-state index contributed by atoms with van der Waals surface area (Å²) in [4.78, 5) is 14.2. The van der Waals surface area contributed by atoms with E-state index in [0.29, 0.717) is 21.5 Å². The van der Waals surface area contributed by atoms with Gasteiger partial charge in [0.05, 0.1) is 10.7 Å². The molecule has 0 bridgehead atoms. The maximum atomic E-state index is 12.8. The zero-order valence-corrected chi connectivity index (χ0v) is 14.6. The zero-order valence-electron chi connectivity index (χ0n) is 13.1. The topological polar surface area (TPSA) is 32.3 Å². The molecule has 0 atom stereocenters. The normalized spacial score (nSPS) is 15.9. The lowest BCUT2D eigenvalue weighted by atomic mass is 10.1. The van der Waals surface area contributed by atoms with E-state index in [1.165, 1.54) is 4.90 Å². The van der Waals surface area contributed by atoms with Crippen LogP contribution in [0.2, 0.25) is 5.02 Å². The van der Waals surface area contributed by atoms with Crippen LogP contribution in [0.25, 0.3) is 16.8 Å². The molecule has 1 N–H and O–H groups in total. The maximum Gasteiger partial charge on any atom is 0.281 e. The summed E-state index contributed by atoms with van der Waals surface area (Å²) in [5.74, 6) is -0.216. The molecule has 1 saturated heterocycles. The lowest BCUT2D eigenvalue weighted by Crippen LogP contribution is -2.30. The Morgan fingerprint density at radius 3 is 2.48 bits per heavy atom. The Kier molecular flexibility index (Phi) is 3.99. The highest BCUT2D eigenvalue weighted by molar-refractivity contribution is 7.80. The Morgan fingerprint density at radius 1 is 0.960 bits per heavy atom. The summed E-state index contributed by atoms with van der Waals surface area (Å²) < 4.78 is 0. The van der Waals surface area contributed by atoms with Crippen LogP contribution < -0.4 is 10.2 Å². The Hall–Kier alpha value is -2.69. The van der Waals surface area contributed by atoms with E-state index in [-0.39, 0.29) is 5.91 Å². The van der Waals surface area contributed by atoms with Gasteiger partial charge in [-0.05, 0) is 52.8 Å². The second-order valence-corrected chi connectivity index (χ2v) is 6.48. The number of hydrogen-bond donors (Lipinski definition) is 1. The van der Waals surface area contributed by atoms with Crippen molar-refractivity contribution in [2.45, 2.75) is 0 Å². The molecule has 1 aliphatic rings. The fourth-order valence-electron chi connectivity index (χ4n) is 2.85. The average Bonchev–Trinajstić information content (AvgIpc) is 2.89. The monoisotopic (exact) mass is 364 g/mol. The molecule has 25 heavy (non-hydrogen) atoms. The average molecular weight is 365 g/mol. The third-order valence-electron chi connectivity index (χ3n) is 4.06. The molecule has 0 unspecified atom stereocenters. The van der Waals surface area contributed by atoms with Crippen molar-refractivity contribution in [3.63, 3.8) is 0 Å². The molecule has 4 rings (SSSR count). The molecule has 0 spiro atoms. The van der Waals surface area contributed by atoms with E-state index in [1.807, 2.05) is 48.5 Å². The van der Waals surface area contributed by atoms with E-state index >= 15 is 0 Å². The van der Waals surface area contributed by atoms with Gasteiger partial charge in [0.15, 0.2) is 5.11 Å². The third kappa shape index (κ3) is 2.90. The highest BCUT2D eigenvalue weighted by atomic mass is 35.5. The van der Waals surface area contributed by atoms with Gasteiger partial charge in [-0.2, -0.15) is 0 Å². The summed E-state index contributed by atoms with van der Waals surface area (Å²) in [6.45, 7) is 0. The Labute approximate surface area is 155 Å². The van der Waals surface area contributed by atoms with Gasteiger partial charge in [-0.3, -0.25) is 9.69 Å². The van der Waals surface area contributed by atoms with Crippen LogP contribution in [0.5, 0.6) is 0 Å². The number of carbonyl (C=O) groups excluding carboxylic acids is 1. The summed E-state index contributed by atoms with van der Waals surface area (Å²) >= 11 is 11.5. The lowest BCUT2D eigenvalue weighted by molar-refractivity contribution is -0.113. The predicted molar refractivity (Wildman–Crippen MR) is 107 cm³/mol. The minimum Gasteiger partial charge on any atom is -0.327 e. The first-order valence-corrected chi connectivity index (χ1v) is 8.52. The van der Waals surface area contributed by atoms with Gasteiger partial charge in [-0.25, -0.2) is 0 Å². The molecule has 1 aliphatic heterocycles. The van der Waals surface area contributed by atoms with Crippen molar-refractivity contribution < 1.29 is 4.79 Å². The van der Waals surface area contributed by atoms with Gasteiger partial charge in [-0.15, -0.1) is 0 Å². The number of carbonyl (C=O) groups is 1. The van der Waals surface area contributed by atoms with Crippen molar-refractivity contribution >= 4 is 57.4 Å². The number of benzene rings is 3. The Balaban J connectivity index is 1.71. The second kappa shape index (κ2) is 6.31. The molecule has 122 valence electrons. The van der Waals surface area contributed by atoms with Crippen LogP contribution in [-0.2, 0) is 4.79 Å². The van der Waals surface area contributed by atoms with E-state index in [0.717, 1.165) is 16.3 Å². The first-order chi connectivity index (χ1) is 12.1. The molecule has 0 saturated carbocycles. The van der Waals surface area contributed by atoms with Crippen molar-refractivity contribution in [3.8, 4) is 0 Å². The van der Waals surface area contributed by atoms with E-state index in [2.05, 4.69) is 11.4 Å². The smallest absolute Gasteiger partial charge is 0.281 e. The number of para-hydroxylation sites is 1. The summed E-state index contributed by atoms with van der Waals surface area (Å²) in [6.07, 6.45) is 1.80. The molecule has 3 aromatic rings. The van der Waals surface area contributed by atoms with Gasteiger partial charge in [0, 0.05) is 0 Å². The minimum absolute atomic E-state index is 0.216. The fourth-order valence-corrected chi connectivity index (χ4v) is 3.36. The molecule has 5 heteroatoms. The van der Waals surface area contributed by atoms with Crippen molar-refractivity contribution in [1.29, 1.82) is 0 Å². The highest BCUT2D eigenvalue weighted by Crippen LogP contribution is 2.29. The van der Waals surface area contributed by atoms with Crippen molar-refractivity contribution in [2.75, 3.05) is 4.90 Å². The SMILES string of the molecule is O=C1/C(=C/c2ccc3ccccc3c2)NC(=S)N1c1ccccc1Cl. The number of anilines is 1. The van der Waals surface area contributed by atoms with Gasteiger partial charge < -0.3 is 5.32 Å². The van der Waals surface area contributed by atoms with Crippen LogP contribution in [0.15, 0.2) is 72.4 Å². The van der Waals surface area contributed by atoms with Crippen LogP contribution in [-0.4, -0.2) is 11.0 Å². The molecular weight excluding hydrogens is 352 g/mol. The first-order valence-electron chi connectivity index (χ1n) is 7.74. The summed E-state index contributed by atoms with van der Waals surface area (Å²) in [5.41, 5.74) is 1.94. The molecule has 0 aliphatic carbocycles. The molecule has 1 amide bonds. The van der Waals surface area contributed by atoms with Crippen LogP contribution in [0.4, 0.5) is 5.69 Å². The molecule has 1 fully saturated rings. The number of hydrogen-bond acceptors (Lipinski definition) is 2. The molecule has 0 radical (unpaired) electrons. The minimum atomic E-state index is -0.216. The van der Waals surface area contributed by atoms with Gasteiger partial charge in [0.2, 0.25) is 0 Å². The Morgan fingerprint density at radius 2 is 1.68 bits per heavy atom. The Bertz CT molecular complexity index is 1040. The van der Waals surface area contributed by atoms with E-state index in [4.69, 9.17) is 23.8 Å². The summed E-state index contributed by atoms with van der Waals surface area (Å²) in [5, 5.41) is 6.06. The van der Waals surface area contributed by atoms with Gasteiger partial charge in [-0.1, -0.05) is 60.1 Å². The molecular formula is C20H13ClN2OS. The van der Waals surface area contributed by atoms with Crippen LogP contribution in [0.1, 0.15) is 5.56 Å². The number of rotatable bonds is 2. The zero-order chi connectivity index (χ0) is 17.4. The molecule has 1 heterocycles. The van der Waals surface area contributed by atoms with E-state index in [9.17, 15) is 4.79 Å². The number of amides is 1.